The number of aliphatic carboxylic acids is 1. The van der Waals surface area contributed by atoms with Gasteiger partial charge in [0.05, 0.1) is 6.61 Å². The van der Waals surface area contributed by atoms with Gasteiger partial charge in [-0.05, 0) is 19.9 Å². The molecule has 0 bridgehead atoms. The van der Waals surface area contributed by atoms with Crippen LogP contribution in [0.5, 0.6) is 0 Å². The lowest BCUT2D eigenvalue weighted by Crippen LogP contribution is -2.42. The Morgan fingerprint density at radius 2 is 2.06 bits per heavy atom. The van der Waals surface area contributed by atoms with Crippen molar-refractivity contribution >= 4 is 5.97 Å². The largest absolute Gasteiger partial charge is 0.480 e. The van der Waals surface area contributed by atoms with Crippen LogP contribution in [0, 0.1) is 0 Å². The number of unbranched alkanes of at least 4 members (excludes halogenated alkanes) is 1. The number of hydrogen-bond donors (Lipinski definition) is 1. The maximum Gasteiger partial charge on any atom is 0.320 e. The molecule has 4 nitrogen and oxygen atoms in total. The molecule has 0 amide bonds. The number of carboxylic acids is 1. The van der Waals surface area contributed by atoms with E-state index in [0.29, 0.717) is 19.8 Å². The molecule has 0 heterocycles. The third-order valence-corrected chi connectivity index (χ3v) is 2.69. The topological polar surface area (TPSA) is 49.8 Å². The fraction of sp³-hybridized carbons (Fsp3) is 0.917. The van der Waals surface area contributed by atoms with Crippen LogP contribution >= 0.6 is 0 Å². The molecule has 0 spiro atoms. The molecule has 0 aliphatic heterocycles. The Balaban J connectivity index is 4.16. The number of likely N-dealkylation sites (N-methyl/N-ethyl adjacent to an activating group) is 1. The van der Waals surface area contributed by atoms with Gasteiger partial charge in [0.2, 0.25) is 0 Å². The lowest BCUT2D eigenvalue weighted by Gasteiger charge is -2.27. The second kappa shape index (κ2) is 9.60. The first-order chi connectivity index (χ1) is 7.67. The highest BCUT2D eigenvalue weighted by Gasteiger charge is 2.23. The van der Waals surface area contributed by atoms with E-state index in [0.717, 1.165) is 25.8 Å². The molecule has 0 aromatic rings. The molecule has 0 aliphatic carbocycles. The van der Waals surface area contributed by atoms with Gasteiger partial charge in [-0.3, -0.25) is 9.69 Å². The van der Waals surface area contributed by atoms with E-state index >= 15 is 0 Å². The average molecular weight is 231 g/mol. The van der Waals surface area contributed by atoms with Gasteiger partial charge < -0.3 is 9.84 Å². The van der Waals surface area contributed by atoms with Gasteiger partial charge in [0.25, 0.3) is 0 Å². The quantitative estimate of drug-likeness (QED) is 0.584. The standard InChI is InChI=1S/C12H25NO3/c1-4-7-8-11(12(14)15)13(5-2)9-10-16-6-3/h11H,4-10H2,1-3H3,(H,14,15). The van der Waals surface area contributed by atoms with Crippen molar-refractivity contribution in [1.82, 2.24) is 4.90 Å². The average Bonchev–Trinajstić information content (AvgIpc) is 2.26. The van der Waals surface area contributed by atoms with Crippen LogP contribution in [0.15, 0.2) is 0 Å². The lowest BCUT2D eigenvalue weighted by molar-refractivity contribution is -0.143. The Morgan fingerprint density at radius 3 is 2.50 bits per heavy atom. The molecule has 1 unspecified atom stereocenters. The van der Waals surface area contributed by atoms with Crippen LogP contribution in [-0.4, -0.2) is 48.3 Å². The fourth-order valence-electron chi connectivity index (χ4n) is 1.72. The van der Waals surface area contributed by atoms with Crippen molar-refractivity contribution in [3.63, 3.8) is 0 Å². The molecule has 16 heavy (non-hydrogen) atoms. The highest BCUT2D eigenvalue weighted by molar-refractivity contribution is 5.73. The summed E-state index contributed by atoms with van der Waals surface area (Å²) < 4.78 is 5.27. The summed E-state index contributed by atoms with van der Waals surface area (Å²) in [6.45, 7) is 8.77. The van der Waals surface area contributed by atoms with Crippen molar-refractivity contribution in [2.75, 3.05) is 26.3 Å². The molecule has 0 saturated carbocycles. The highest BCUT2D eigenvalue weighted by Crippen LogP contribution is 2.09. The summed E-state index contributed by atoms with van der Waals surface area (Å²) in [5.41, 5.74) is 0. The summed E-state index contributed by atoms with van der Waals surface area (Å²) in [6, 6.07) is -0.356. The maximum absolute atomic E-state index is 11.2. The number of carboxylic acid groups (broad SMARTS) is 1. The molecule has 0 rings (SSSR count). The van der Waals surface area contributed by atoms with Gasteiger partial charge in [-0.1, -0.05) is 26.7 Å². The zero-order valence-corrected chi connectivity index (χ0v) is 10.7. The van der Waals surface area contributed by atoms with Crippen LogP contribution in [0.25, 0.3) is 0 Å². The normalized spacial score (nSPS) is 13.0. The smallest absolute Gasteiger partial charge is 0.320 e. The minimum absolute atomic E-state index is 0.356. The molecule has 0 fully saturated rings. The van der Waals surface area contributed by atoms with E-state index in [4.69, 9.17) is 4.74 Å². The second-order valence-electron chi connectivity index (χ2n) is 3.82. The van der Waals surface area contributed by atoms with E-state index in [1.807, 2.05) is 18.7 Å². The van der Waals surface area contributed by atoms with E-state index in [1.165, 1.54) is 0 Å². The third-order valence-electron chi connectivity index (χ3n) is 2.69. The second-order valence-corrected chi connectivity index (χ2v) is 3.82. The Hall–Kier alpha value is -0.610. The zero-order chi connectivity index (χ0) is 12.4. The Labute approximate surface area is 98.6 Å². The van der Waals surface area contributed by atoms with E-state index < -0.39 is 5.97 Å². The monoisotopic (exact) mass is 231 g/mol. The first-order valence-corrected chi connectivity index (χ1v) is 6.21. The Kier molecular flexibility index (Phi) is 9.24. The SMILES string of the molecule is CCCCC(C(=O)O)N(CC)CCOCC. The van der Waals surface area contributed by atoms with Gasteiger partial charge in [-0.2, -0.15) is 0 Å². The summed E-state index contributed by atoms with van der Waals surface area (Å²) in [7, 11) is 0. The van der Waals surface area contributed by atoms with Gasteiger partial charge in [-0.25, -0.2) is 0 Å². The summed E-state index contributed by atoms with van der Waals surface area (Å²) in [5.74, 6) is -0.716. The van der Waals surface area contributed by atoms with Crippen LogP contribution in [0.4, 0.5) is 0 Å². The van der Waals surface area contributed by atoms with Crippen LogP contribution in [-0.2, 0) is 9.53 Å². The molecule has 96 valence electrons. The first-order valence-electron chi connectivity index (χ1n) is 6.21. The molecule has 0 aromatic heterocycles. The summed E-state index contributed by atoms with van der Waals surface area (Å²) in [6.07, 6.45) is 2.72. The van der Waals surface area contributed by atoms with E-state index in [9.17, 15) is 9.90 Å². The zero-order valence-electron chi connectivity index (χ0n) is 10.7. The number of rotatable bonds is 10. The molecular formula is C12H25NO3. The number of nitrogens with zero attached hydrogens (tertiary/aromatic N) is 1. The van der Waals surface area contributed by atoms with Gasteiger partial charge in [0.15, 0.2) is 0 Å². The van der Waals surface area contributed by atoms with Crippen molar-refractivity contribution in [3.05, 3.63) is 0 Å². The Morgan fingerprint density at radius 1 is 1.38 bits per heavy atom. The molecule has 1 N–H and O–H groups in total. The van der Waals surface area contributed by atoms with Crippen LogP contribution in [0.1, 0.15) is 40.0 Å². The minimum Gasteiger partial charge on any atom is -0.480 e. The Bertz CT molecular complexity index is 185. The van der Waals surface area contributed by atoms with E-state index in [2.05, 4.69) is 6.92 Å². The van der Waals surface area contributed by atoms with Gasteiger partial charge >= 0.3 is 5.97 Å². The maximum atomic E-state index is 11.2. The number of carbonyl (C=O) groups is 1. The fourth-order valence-corrected chi connectivity index (χ4v) is 1.72. The van der Waals surface area contributed by atoms with E-state index in [-0.39, 0.29) is 6.04 Å². The van der Waals surface area contributed by atoms with Crippen molar-refractivity contribution in [1.29, 1.82) is 0 Å². The molecule has 0 aromatic carbocycles. The van der Waals surface area contributed by atoms with E-state index in [1.54, 1.807) is 0 Å². The van der Waals surface area contributed by atoms with Crippen molar-refractivity contribution < 1.29 is 14.6 Å². The summed E-state index contributed by atoms with van der Waals surface area (Å²) in [4.78, 5) is 13.1. The summed E-state index contributed by atoms with van der Waals surface area (Å²) >= 11 is 0. The molecule has 1 atom stereocenters. The van der Waals surface area contributed by atoms with Crippen molar-refractivity contribution in [2.45, 2.75) is 46.1 Å². The predicted octanol–water partition coefficient (Wildman–Crippen LogP) is 1.99. The van der Waals surface area contributed by atoms with Crippen molar-refractivity contribution in [2.24, 2.45) is 0 Å². The predicted molar refractivity (Wildman–Crippen MR) is 64.7 cm³/mol. The third kappa shape index (κ3) is 6.08. The van der Waals surface area contributed by atoms with Gasteiger partial charge in [0.1, 0.15) is 6.04 Å². The highest BCUT2D eigenvalue weighted by atomic mass is 16.5. The number of hydrogen-bond acceptors (Lipinski definition) is 3. The minimum atomic E-state index is -0.716. The van der Waals surface area contributed by atoms with Gasteiger partial charge in [0, 0.05) is 13.2 Å². The van der Waals surface area contributed by atoms with Gasteiger partial charge in [-0.15, -0.1) is 0 Å². The first kappa shape index (κ1) is 15.4. The van der Waals surface area contributed by atoms with Crippen LogP contribution in [0.2, 0.25) is 0 Å². The van der Waals surface area contributed by atoms with Crippen LogP contribution in [0.3, 0.4) is 0 Å². The molecular weight excluding hydrogens is 206 g/mol. The summed E-state index contributed by atoms with van der Waals surface area (Å²) in [5, 5.41) is 9.18. The molecule has 0 radical (unpaired) electrons. The molecule has 0 aliphatic rings. The van der Waals surface area contributed by atoms with Crippen LogP contribution < -0.4 is 0 Å². The molecule has 0 saturated heterocycles. The lowest BCUT2D eigenvalue weighted by atomic mass is 10.1. The van der Waals surface area contributed by atoms with Crippen molar-refractivity contribution in [3.8, 4) is 0 Å². The number of ether oxygens (including phenoxy) is 1. The molecule has 4 heteroatoms.